The highest BCUT2D eigenvalue weighted by Crippen LogP contribution is 2.19. The van der Waals surface area contributed by atoms with E-state index in [4.69, 9.17) is 4.74 Å². The Morgan fingerprint density at radius 2 is 2.64 bits per heavy atom. The maximum absolute atomic E-state index is 5.07. The van der Waals surface area contributed by atoms with Crippen LogP contribution in [-0.2, 0) is 4.74 Å². The summed E-state index contributed by atoms with van der Waals surface area (Å²) >= 11 is 0. The van der Waals surface area contributed by atoms with Gasteiger partial charge in [-0.25, -0.2) is 0 Å². The molecule has 0 aromatic rings. The second-order valence-electron chi connectivity index (χ2n) is 2.69. The number of rotatable bonds is 3. The predicted molar refractivity (Wildman–Crippen MR) is 47.2 cm³/mol. The highest BCUT2D eigenvalue weighted by atomic mass is 16.5. The van der Waals surface area contributed by atoms with Crippen LogP contribution in [0.3, 0.4) is 0 Å². The second kappa shape index (κ2) is 4.02. The standard InChI is InChI=1S/C10H14O/c1-3-4-9-5-7-10(11-2)8-6-9/h3,5,7-9H,1,4,6H2,2H3. The van der Waals surface area contributed by atoms with Crippen molar-refractivity contribution in [3.05, 3.63) is 36.6 Å². The van der Waals surface area contributed by atoms with Gasteiger partial charge in [-0.2, -0.15) is 0 Å². The Kier molecular flexibility index (Phi) is 2.96. The van der Waals surface area contributed by atoms with Crippen LogP contribution in [0.15, 0.2) is 36.6 Å². The molecule has 60 valence electrons. The molecular weight excluding hydrogens is 136 g/mol. The summed E-state index contributed by atoms with van der Waals surface area (Å²) in [5, 5.41) is 0. The summed E-state index contributed by atoms with van der Waals surface area (Å²) in [5.41, 5.74) is 0. The molecule has 0 heterocycles. The van der Waals surface area contributed by atoms with E-state index in [0.717, 1.165) is 18.6 Å². The van der Waals surface area contributed by atoms with Crippen LogP contribution in [0.25, 0.3) is 0 Å². The molecule has 0 aromatic carbocycles. The van der Waals surface area contributed by atoms with Crippen LogP contribution in [0.1, 0.15) is 12.8 Å². The average Bonchev–Trinajstić information content (AvgIpc) is 2.07. The van der Waals surface area contributed by atoms with E-state index >= 15 is 0 Å². The summed E-state index contributed by atoms with van der Waals surface area (Å²) in [4.78, 5) is 0. The lowest BCUT2D eigenvalue weighted by molar-refractivity contribution is 0.301. The lowest BCUT2D eigenvalue weighted by Crippen LogP contribution is -1.98. The zero-order valence-electron chi connectivity index (χ0n) is 6.92. The van der Waals surface area contributed by atoms with Crippen molar-refractivity contribution >= 4 is 0 Å². The first kappa shape index (κ1) is 8.12. The van der Waals surface area contributed by atoms with Crippen LogP contribution in [0.4, 0.5) is 0 Å². The van der Waals surface area contributed by atoms with E-state index in [1.165, 1.54) is 0 Å². The lowest BCUT2D eigenvalue weighted by Gasteiger charge is -2.12. The van der Waals surface area contributed by atoms with Gasteiger partial charge in [-0.05, 0) is 30.9 Å². The molecule has 1 nitrogen and oxygen atoms in total. The van der Waals surface area contributed by atoms with Crippen molar-refractivity contribution in [1.29, 1.82) is 0 Å². The van der Waals surface area contributed by atoms with Crippen LogP contribution in [0.5, 0.6) is 0 Å². The summed E-state index contributed by atoms with van der Waals surface area (Å²) < 4.78 is 5.07. The monoisotopic (exact) mass is 150 g/mol. The largest absolute Gasteiger partial charge is 0.497 e. The molecule has 0 aromatic heterocycles. The Labute approximate surface area is 68.1 Å². The van der Waals surface area contributed by atoms with E-state index in [1.807, 2.05) is 12.2 Å². The summed E-state index contributed by atoms with van der Waals surface area (Å²) in [6.45, 7) is 3.71. The quantitative estimate of drug-likeness (QED) is 0.562. The third kappa shape index (κ3) is 2.26. The number of methoxy groups -OCH3 is 1. The Balaban J connectivity index is 2.43. The van der Waals surface area contributed by atoms with Crippen LogP contribution in [0, 0.1) is 5.92 Å². The van der Waals surface area contributed by atoms with Crippen LogP contribution >= 0.6 is 0 Å². The van der Waals surface area contributed by atoms with Gasteiger partial charge >= 0.3 is 0 Å². The summed E-state index contributed by atoms with van der Waals surface area (Å²) in [7, 11) is 1.70. The Morgan fingerprint density at radius 1 is 1.82 bits per heavy atom. The Bertz CT molecular complexity index is 189. The second-order valence-corrected chi connectivity index (χ2v) is 2.69. The number of allylic oxidation sites excluding steroid dienone is 4. The molecule has 0 fully saturated rings. The van der Waals surface area contributed by atoms with Crippen molar-refractivity contribution in [3.8, 4) is 0 Å². The predicted octanol–water partition coefficient (Wildman–Crippen LogP) is 2.67. The minimum absolute atomic E-state index is 0.631. The van der Waals surface area contributed by atoms with Gasteiger partial charge in [0.15, 0.2) is 0 Å². The normalized spacial score (nSPS) is 22.6. The van der Waals surface area contributed by atoms with Crippen molar-refractivity contribution in [2.45, 2.75) is 12.8 Å². The maximum atomic E-state index is 5.07. The third-order valence-electron chi connectivity index (χ3n) is 1.86. The van der Waals surface area contributed by atoms with E-state index < -0.39 is 0 Å². The van der Waals surface area contributed by atoms with E-state index in [0.29, 0.717) is 5.92 Å². The highest BCUT2D eigenvalue weighted by Gasteiger charge is 2.05. The van der Waals surface area contributed by atoms with Gasteiger partial charge in [0.1, 0.15) is 5.76 Å². The molecule has 1 aliphatic rings. The van der Waals surface area contributed by atoms with Gasteiger partial charge in [0.05, 0.1) is 7.11 Å². The number of ether oxygens (including phenoxy) is 1. The summed E-state index contributed by atoms with van der Waals surface area (Å²) in [6, 6.07) is 0. The fraction of sp³-hybridized carbons (Fsp3) is 0.400. The van der Waals surface area contributed by atoms with Gasteiger partial charge < -0.3 is 4.74 Å². The third-order valence-corrected chi connectivity index (χ3v) is 1.86. The van der Waals surface area contributed by atoms with Crippen LogP contribution in [0.2, 0.25) is 0 Å². The first-order chi connectivity index (χ1) is 5.36. The topological polar surface area (TPSA) is 9.23 Å². The molecule has 0 bridgehead atoms. The highest BCUT2D eigenvalue weighted by molar-refractivity contribution is 5.18. The zero-order chi connectivity index (χ0) is 8.10. The van der Waals surface area contributed by atoms with E-state index in [9.17, 15) is 0 Å². The SMILES string of the molecule is C=CCC1C=CC(OC)=CC1. The molecule has 1 heteroatoms. The van der Waals surface area contributed by atoms with E-state index in [-0.39, 0.29) is 0 Å². The fourth-order valence-corrected chi connectivity index (χ4v) is 1.19. The maximum Gasteiger partial charge on any atom is 0.114 e. The molecule has 1 rings (SSSR count). The van der Waals surface area contributed by atoms with Crippen molar-refractivity contribution in [3.63, 3.8) is 0 Å². The minimum atomic E-state index is 0.631. The Hall–Kier alpha value is -0.980. The zero-order valence-corrected chi connectivity index (χ0v) is 6.92. The van der Waals surface area contributed by atoms with Crippen molar-refractivity contribution in [1.82, 2.24) is 0 Å². The molecular formula is C10H14O. The van der Waals surface area contributed by atoms with Crippen molar-refractivity contribution < 1.29 is 4.74 Å². The van der Waals surface area contributed by atoms with Crippen LogP contribution < -0.4 is 0 Å². The molecule has 0 saturated carbocycles. The van der Waals surface area contributed by atoms with Gasteiger partial charge in [0.2, 0.25) is 0 Å². The first-order valence-corrected chi connectivity index (χ1v) is 3.90. The average molecular weight is 150 g/mol. The number of hydrogen-bond donors (Lipinski definition) is 0. The fourth-order valence-electron chi connectivity index (χ4n) is 1.19. The van der Waals surface area contributed by atoms with E-state index in [2.05, 4.69) is 18.7 Å². The molecule has 0 aliphatic heterocycles. The van der Waals surface area contributed by atoms with E-state index in [1.54, 1.807) is 7.11 Å². The number of hydrogen-bond acceptors (Lipinski definition) is 1. The van der Waals surface area contributed by atoms with Gasteiger partial charge in [-0.1, -0.05) is 12.2 Å². The molecule has 0 N–H and O–H groups in total. The van der Waals surface area contributed by atoms with Crippen LogP contribution in [-0.4, -0.2) is 7.11 Å². The van der Waals surface area contributed by atoms with Gasteiger partial charge in [0.25, 0.3) is 0 Å². The summed E-state index contributed by atoms with van der Waals surface area (Å²) in [5.74, 6) is 1.61. The van der Waals surface area contributed by atoms with Gasteiger partial charge in [-0.3, -0.25) is 0 Å². The molecule has 0 spiro atoms. The van der Waals surface area contributed by atoms with Gasteiger partial charge in [-0.15, -0.1) is 6.58 Å². The van der Waals surface area contributed by atoms with Gasteiger partial charge in [0, 0.05) is 0 Å². The molecule has 0 amide bonds. The molecule has 0 radical (unpaired) electrons. The summed E-state index contributed by atoms with van der Waals surface area (Å²) in [6.07, 6.45) is 10.4. The minimum Gasteiger partial charge on any atom is -0.497 e. The molecule has 11 heavy (non-hydrogen) atoms. The Morgan fingerprint density at radius 3 is 3.09 bits per heavy atom. The molecule has 1 unspecified atom stereocenters. The van der Waals surface area contributed by atoms with Crippen molar-refractivity contribution in [2.75, 3.05) is 7.11 Å². The molecule has 1 atom stereocenters. The lowest BCUT2D eigenvalue weighted by atomic mass is 9.97. The smallest absolute Gasteiger partial charge is 0.114 e. The first-order valence-electron chi connectivity index (χ1n) is 3.90. The molecule has 0 saturated heterocycles. The molecule has 1 aliphatic carbocycles. The van der Waals surface area contributed by atoms with Crippen molar-refractivity contribution in [2.24, 2.45) is 5.92 Å².